The molecule has 1 saturated carbocycles. The molecule has 0 bridgehead atoms. The number of amides is 2. The number of halogens is 2. The van der Waals surface area contributed by atoms with E-state index in [0.717, 1.165) is 0 Å². The fourth-order valence-electron chi connectivity index (χ4n) is 3.78. The maximum atomic E-state index is 14.4. The molecule has 1 aliphatic heterocycles. The molecule has 8 heteroatoms. The van der Waals surface area contributed by atoms with E-state index < -0.39 is 34.9 Å². The van der Waals surface area contributed by atoms with Crippen molar-refractivity contribution in [3.05, 3.63) is 34.6 Å². The van der Waals surface area contributed by atoms with Crippen molar-refractivity contribution in [2.75, 3.05) is 13.6 Å². The quantitative estimate of drug-likeness (QED) is 0.728. The zero-order valence-corrected chi connectivity index (χ0v) is 15.9. The van der Waals surface area contributed by atoms with E-state index >= 15 is 0 Å². The largest absolute Gasteiger partial charge is 0.444 e. The number of benzene rings is 1. The predicted molar refractivity (Wildman–Crippen MR) is 93.7 cm³/mol. The van der Waals surface area contributed by atoms with Gasteiger partial charge >= 0.3 is 6.09 Å². The first-order valence-corrected chi connectivity index (χ1v) is 8.76. The zero-order valence-electron chi connectivity index (χ0n) is 15.1. The number of carbonyl (C=O) groups is 2. The average Bonchev–Trinajstić information content (AvgIpc) is 3.14. The summed E-state index contributed by atoms with van der Waals surface area (Å²) in [5, 5.41) is 7.53. The van der Waals surface area contributed by atoms with Crippen molar-refractivity contribution >= 4 is 23.6 Å². The summed E-state index contributed by atoms with van der Waals surface area (Å²) >= 11 is 6.04. The number of fused-ring (bicyclic) bond motifs is 1. The van der Waals surface area contributed by atoms with E-state index in [1.165, 1.54) is 24.1 Å². The molecular formula is C18H21ClFN3O3. The fourth-order valence-corrected chi connectivity index (χ4v) is 3.96. The Labute approximate surface area is 156 Å². The number of hydrogen-bond acceptors (Lipinski definition) is 4. The lowest BCUT2D eigenvalue weighted by atomic mass is 9.93. The number of azo groups is 1. The van der Waals surface area contributed by atoms with Crippen LogP contribution in [-0.2, 0) is 14.9 Å². The van der Waals surface area contributed by atoms with Gasteiger partial charge in [0.05, 0.1) is 0 Å². The Kier molecular flexibility index (Phi) is 4.55. The van der Waals surface area contributed by atoms with Gasteiger partial charge in [-0.2, -0.15) is 5.11 Å². The van der Waals surface area contributed by atoms with Crippen LogP contribution in [0.15, 0.2) is 28.4 Å². The predicted octanol–water partition coefficient (Wildman–Crippen LogP) is 3.96. The molecule has 0 aromatic heterocycles. The third-order valence-corrected chi connectivity index (χ3v) is 5.08. The van der Waals surface area contributed by atoms with Crippen LogP contribution in [0, 0.1) is 11.7 Å². The van der Waals surface area contributed by atoms with Gasteiger partial charge in [-0.1, -0.05) is 11.6 Å². The molecule has 26 heavy (non-hydrogen) atoms. The van der Waals surface area contributed by atoms with E-state index in [-0.39, 0.29) is 12.5 Å². The Morgan fingerprint density at radius 1 is 1.38 bits per heavy atom. The minimum Gasteiger partial charge on any atom is -0.444 e. The molecule has 1 aliphatic carbocycles. The highest BCUT2D eigenvalue weighted by Crippen LogP contribution is 2.63. The molecule has 6 nitrogen and oxygen atoms in total. The fraction of sp³-hybridized carbons (Fsp3) is 0.556. The minimum absolute atomic E-state index is 0.180. The minimum atomic E-state index is -0.813. The van der Waals surface area contributed by atoms with Gasteiger partial charge in [0.2, 0.25) is 0 Å². The van der Waals surface area contributed by atoms with Gasteiger partial charge in [-0.3, -0.25) is 9.69 Å². The van der Waals surface area contributed by atoms with Crippen LogP contribution < -0.4 is 0 Å². The molecule has 2 fully saturated rings. The van der Waals surface area contributed by atoms with Gasteiger partial charge in [0, 0.05) is 29.9 Å². The third-order valence-electron chi connectivity index (χ3n) is 4.85. The Morgan fingerprint density at radius 2 is 2.08 bits per heavy atom. The second-order valence-corrected chi connectivity index (χ2v) is 8.22. The summed E-state index contributed by atoms with van der Waals surface area (Å²) in [5.74, 6) is -1.16. The monoisotopic (exact) mass is 381 g/mol. The number of carbonyl (C=O) groups excluding carboxylic acids is 2. The topological polar surface area (TPSA) is 71.3 Å². The van der Waals surface area contributed by atoms with Gasteiger partial charge < -0.3 is 4.74 Å². The summed E-state index contributed by atoms with van der Waals surface area (Å²) in [4.78, 5) is 26.4. The molecule has 1 saturated heterocycles. The summed E-state index contributed by atoms with van der Waals surface area (Å²) in [6.07, 6.45) is -0.0321. The van der Waals surface area contributed by atoms with Gasteiger partial charge in [-0.25, -0.2) is 9.18 Å². The van der Waals surface area contributed by atoms with E-state index in [4.69, 9.17) is 16.3 Å². The molecule has 0 spiro atoms. The highest BCUT2D eigenvalue weighted by molar-refractivity contribution is 6.30. The lowest BCUT2D eigenvalue weighted by Crippen LogP contribution is -2.45. The maximum Gasteiger partial charge on any atom is 0.411 e. The summed E-state index contributed by atoms with van der Waals surface area (Å²) in [6, 6.07) is 3.54. The molecule has 0 radical (unpaired) electrons. The van der Waals surface area contributed by atoms with Crippen molar-refractivity contribution in [2.24, 2.45) is 16.1 Å². The third kappa shape index (κ3) is 3.20. The number of piperidine rings is 1. The number of likely N-dealkylation sites (tertiary alicyclic amines) is 1. The molecule has 3 atom stereocenters. The van der Waals surface area contributed by atoms with E-state index in [0.29, 0.717) is 17.0 Å². The van der Waals surface area contributed by atoms with Crippen LogP contribution in [0.25, 0.3) is 0 Å². The number of ether oxygens (including phenoxy) is 1. The van der Waals surface area contributed by atoms with Crippen molar-refractivity contribution in [1.82, 2.24) is 4.90 Å². The van der Waals surface area contributed by atoms with E-state index in [1.807, 2.05) is 0 Å². The van der Waals surface area contributed by atoms with Crippen molar-refractivity contribution in [3.63, 3.8) is 0 Å². The molecular weight excluding hydrogens is 361 g/mol. The smallest absolute Gasteiger partial charge is 0.411 e. The highest BCUT2D eigenvalue weighted by Gasteiger charge is 2.69. The first-order chi connectivity index (χ1) is 12.1. The average molecular weight is 382 g/mol. The van der Waals surface area contributed by atoms with Crippen LogP contribution in [0.3, 0.4) is 0 Å². The van der Waals surface area contributed by atoms with Gasteiger partial charge in [0.25, 0.3) is 5.91 Å². The second kappa shape index (κ2) is 6.30. The summed E-state index contributed by atoms with van der Waals surface area (Å²) in [7, 11) is 1.39. The van der Waals surface area contributed by atoms with E-state index in [1.54, 1.807) is 26.8 Å². The van der Waals surface area contributed by atoms with Crippen LogP contribution in [0.4, 0.5) is 9.18 Å². The lowest BCUT2D eigenvalue weighted by molar-refractivity contribution is -0.123. The Hall–Kier alpha value is -2.02. The molecule has 1 aromatic rings. The number of nitrogens with zero attached hydrogens (tertiary/aromatic N) is 3. The van der Waals surface area contributed by atoms with Crippen LogP contribution in [-0.4, -0.2) is 42.1 Å². The molecule has 1 aromatic carbocycles. The van der Waals surface area contributed by atoms with Crippen LogP contribution in [0.2, 0.25) is 5.02 Å². The second-order valence-electron chi connectivity index (χ2n) is 7.78. The maximum absolute atomic E-state index is 14.4. The molecule has 3 rings (SSSR count). The van der Waals surface area contributed by atoms with Gasteiger partial charge in [0.15, 0.2) is 0 Å². The van der Waals surface area contributed by atoms with Crippen molar-refractivity contribution in [2.45, 2.75) is 44.2 Å². The van der Waals surface area contributed by atoms with Gasteiger partial charge in [0.1, 0.15) is 17.5 Å². The molecule has 2 amide bonds. The van der Waals surface area contributed by atoms with Crippen molar-refractivity contribution in [3.8, 4) is 0 Å². The SMILES string of the molecule is CN=NC(=O)C1[C@@H]2C[C@]2(c2cc(Cl)ccc2F)CN1C(=O)OC(C)(C)C. The van der Waals surface area contributed by atoms with Crippen molar-refractivity contribution < 1.29 is 18.7 Å². The molecule has 0 N–H and O–H groups in total. The van der Waals surface area contributed by atoms with E-state index in [9.17, 15) is 14.0 Å². The van der Waals surface area contributed by atoms with E-state index in [2.05, 4.69) is 10.2 Å². The first kappa shape index (κ1) is 18.8. The Bertz CT molecular complexity index is 792. The molecule has 1 heterocycles. The normalized spacial score (nSPS) is 27.5. The highest BCUT2D eigenvalue weighted by atomic mass is 35.5. The Morgan fingerprint density at radius 3 is 2.69 bits per heavy atom. The summed E-state index contributed by atoms with van der Waals surface area (Å²) in [5.41, 5.74) is -0.930. The Balaban J connectivity index is 1.97. The van der Waals surface area contributed by atoms with Gasteiger partial charge in [-0.15, -0.1) is 5.11 Å². The molecule has 2 aliphatic rings. The molecule has 1 unspecified atom stereocenters. The summed E-state index contributed by atoms with van der Waals surface area (Å²) in [6.45, 7) is 5.42. The number of hydrogen-bond donors (Lipinski definition) is 0. The summed E-state index contributed by atoms with van der Waals surface area (Å²) < 4.78 is 19.9. The van der Waals surface area contributed by atoms with Crippen LogP contribution in [0.5, 0.6) is 0 Å². The number of rotatable bonds is 2. The molecule has 140 valence electrons. The van der Waals surface area contributed by atoms with Gasteiger partial charge in [-0.05, 0) is 51.0 Å². The standard InChI is InChI=1S/C18H21ClFN3O3/c1-17(2,3)26-16(25)23-9-18(11-7-10(19)5-6-13(11)20)8-12(18)14(23)15(24)22-21-4/h5-7,12,14H,8-9H2,1-4H3/t12-,14?,18+/m0/s1. The van der Waals surface area contributed by atoms with Crippen LogP contribution in [0.1, 0.15) is 32.8 Å². The lowest BCUT2D eigenvalue weighted by Gasteiger charge is -2.29. The van der Waals surface area contributed by atoms with Crippen molar-refractivity contribution in [1.29, 1.82) is 0 Å². The zero-order chi connectivity index (χ0) is 19.3. The van der Waals surface area contributed by atoms with Crippen LogP contribution >= 0.6 is 11.6 Å². The first-order valence-electron chi connectivity index (χ1n) is 8.38.